The Morgan fingerprint density at radius 3 is 2.33 bits per heavy atom. The van der Waals surface area contributed by atoms with E-state index in [9.17, 15) is 10.5 Å². The molecule has 0 spiro atoms. The van der Waals surface area contributed by atoms with E-state index in [0.717, 1.165) is 36.2 Å². The van der Waals surface area contributed by atoms with Crippen LogP contribution >= 0.6 is 0 Å². The molecule has 1 unspecified atom stereocenters. The van der Waals surface area contributed by atoms with Crippen molar-refractivity contribution in [3.05, 3.63) is 53.4 Å². The van der Waals surface area contributed by atoms with Crippen molar-refractivity contribution in [3.63, 3.8) is 0 Å². The normalized spacial score (nSPS) is 17.8. The summed E-state index contributed by atoms with van der Waals surface area (Å²) in [6.07, 6.45) is 6.94. The predicted molar refractivity (Wildman–Crippen MR) is 97.3 cm³/mol. The van der Waals surface area contributed by atoms with Gasteiger partial charge in [-0.15, -0.1) is 0 Å². The first-order chi connectivity index (χ1) is 11.7. The molecule has 0 amide bonds. The standard InChI is InChI=1S/C20H20N4/c1-3-4-10-17-15(2)23-19(13-21)20(14-22)24-18(17)12-11-16-8-6-5-7-9-16/h5-9,11-12,17H,3-4,10H2,1-2H3. The minimum absolute atomic E-state index is 0.0270. The van der Waals surface area contributed by atoms with Crippen LogP contribution in [0.2, 0.25) is 0 Å². The Labute approximate surface area is 143 Å². The van der Waals surface area contributed by atoms with Crippen LogP contribution in [0.5, 0.6) is 0 Å². The summed E-state index contributed by atoms with van der Waals surface area (Å²) in [6.45, 7) is 4.04. The van der Waals surface area contributed by atoms with Crippen LogP contribution in [0.3, 0.4) is 0 Å². The number of nitrogens with zero attached hydrogens (tertiary/aromatic N) is 4. The fourth-order valence-electron chi connectivity index (χ4n) is 2.60. The summed E-state index contributed by atoms with van der Waals surface area (Å²) >= 11 is 0. The van der Waals surface area contributed by atoms with E-state index in [1.54, 1.807) is 0 Å². The topological polar surface area (TPSA) is 72.3 Å². The van der Waals surface area contributed by atoms with Gasteiger partial charge >= 0.3 is 0 Å². The average Bonchev–Trinajstić information content (AvgIpc) is 2.75. The van der Waals surface area contributed by atoms with E-state index in [2.05, 4.69) is 16.9 Å². The zero-order valence-corrected chi connectivity index (χ0v) is 14.0. The zero-order valence-electron chi connectivity index (χ0n) is 14.0. The lowest BCUT2D eigenvalue weighted by molar-refractivity contribution is 0.685. The minimum Gasteiger partial charge on any atom is -0.243 e. The first kappa shape index (κ1) is 17.4. The molecule has 120 valence electrons. The number of unbranched alkanes of at least 4 members (excludes halogenated alkanes) is 1. The van der Waals surface area contributed by atoms with Crippen LogP contribution in [0.15, 0.2) is 57.8 Å². The van der Waals surface area contributed by atoms with Crippen LogP contribution in [0, 0.1) is 28.6 Å². The van der Waals surface area contributed by atoms with Crippen molar-refractivity contribution >= 4 is 17.5 Å². The van der Waals surface area contributed by atoms with Crippen molar-refractivity contribution in [1.29, 1.82) is 10.5 Å². The van der Waals surface area contributed by atoms with E-state index >= 15 is 0 Å². The molecule has 24 heavy (non-hydrogen) atoms. The summed E-state index contributed by atoms with van der Waals surface area (Å²) < 4.78 is 0. The second-order valence-electron chi connectivity index (χ2n) is 5.65. The molecule has 0 saturated heterocycles. The van der Waals surface area contributed by atoms with Crippen LogP contribution in [-0.4, -0.2) is 11.4 Å². The third kappa shape index (κ3) is 4.27. The summed E-state index contributed by atoms with van der Waals surface area (Å²) in [5, 5.41) is 18.5. The number of nitriles is 2. The maximum absolute atomic E-state index is 9.31. The van der Waals surface area contributed by atoms with Crippen LogP contribution in [-0.2, 0) is 0 Å². The summed E-state index contributed by atoms with van der Waals surface area (Å²) in [5.74, 6) is 0.0270. The molecule has 1 aromatic rings. The number of hydrogen-bond donors (Lipinski definition) is 0. The Bertz CT molecular complexity index is 783. The number of hydrogen-bond acceptors (Lipinski definition) is 4. The fourth-order valence-corrected chi connectivity index (χ4v) is 2.60. The second-order valence-corrected chi connectivity index (χ2v) is 5.65. The molecule has 0 radical (unpaired) electrons. The van der Waals surface area contributed by atoms with Crippen molar-refractivity contribution in [2.24, 2.45) is 15.9 Å². The van der Waals surface area contributed by atoms with Gasteiger partial charge in [0.05, 0.1) is 5.71 Å². The van der Waals surface area contributed by atoms with E-state index in [-0.39, 0.29) is 17.3 Å². The SMILES string of the molecule is CCCCC1C(C)=NC(C#N)=C(C#N)N=C1C=Cc1ccccc1. The third-order valence-corrected chi connectivity index (χ3v) is 3.92. The maximum Gasteiger partial charge on any atom is 0.177 e. The molecule has 0 bridgehead atoms. The molecule has 0 saturated carbocycles. The highest BCUT2D eigenvalue weighted by molar-refractivity contribution is 6.14. The van der Waals surface area contributed by atoms with Gasteiger partial charge in [0.15, 0.2) is 11.4 Å². The van der Waals surface area contributed by atoms with Gasteiger partial charge in [-0.1, -0.05) is 56.2 Å². The van der Waals surface area contributed by atoms with Gasteiger partial charge in [0, 0.05) is 11.6 Å². The molecule has 2 rings (SSSR count). The first-order valence-electron chi connectivity index (χ1n) is 8.11. The van der Waals surface area contributed by atoms with E-state index in [0.29, 0.717) is 0 Å². The minimum atomic E-state index is 0.0270. The fraction of sp³-hybridized carbons (Fsp3) is 0.300. The Morgan fingerprint density at radius 1 is 1.04 bits per heavy atom. The van der Waals surface area contributed by atoms with E-state index < -0.39 is 0 Å². The van der Waals surface area contributed by atoms with Gasteiger partial charge in [0.2, 0.25) is 0 Å². The molecule has 0 aromatic heterocycles. The summed E-state index contributed by atoms with van der Waals surface area (Å²) in [6, 6.07) is 13.9. The van der Waals surface area contributed by atoms with E-state index in [1.165, 1.54) is 0 Å². The molecule has 1 atom stereocenters. The lowest BCUT2D eigenvalue weighted by atomic mass is 9.91. The smallest absolute Gasteiger partial charge is 0.177 e. The van der Waals surface area contributed by atoms with Gasteiger partial charge < -0.3 is 0 Å². The van der Waals surface area contributed by atoms with Gasteiger partial charge in [-0.25, -0.2) is 9.98 Å². The van der Waals surface area contributed by atoms with Crippen molar-refractivity contribution < 1.29 is 0 Å². The average molecular weight is 316 g/mol. The maximum atomic E-state index is 9.31. The van der Waals surface area contributed by atoms with Crippen molar-refractivity contribution in [3.8, 4) is 12.1 Å². The molecule has 0 aliphatic carbocycles. The van der Waals surface area contributed by atoms with Crippen molar-refractivity contribution in [2.75, 3.05) is 0 Å². The largest absolute Gasteiger partial charge is 0.243 e. The number of rotatable bonds is 5. The molecule has 1 aliphatic heterocycles. The van der Waals surface area contributed by atoms with Gasteiger partial charge in [-0.05, 0) is 25.0 Å². The highest BCUT2D eigenvalue weighted by Gasteiger charge is 2.22. The monoisotopic (exact) mass is 316 g/mol. The molecule has 4 heteroatoms. The van der Waals surface area contributed by atoms with Crippen molar-refractivity contribution in [1.82, 2.24) is 0 Å². The lowest BCUT2D eigenvalue weighted by Gasteiger charge is -2.15. The second kappa shape index (κ2) is 8.60. The summed E-state index contributed by atoms with van der Waals surface area (Å²) in [4.78, 5) is 8.81. The highest BCUT2D eigenvalue weighted by atomic mass is 14.9. The van der Waals surface area contributed by atoms with Crippen molar-refractivity contribution in [2.45, 2.75) is 33.1 Å². The van der Waals surface area contributed by atoms with E-state index in [1.807, 2.05) is 61.5 Å². The van der Waals surface area contributed by atoms with Crippen LogP contribution in [0.1, 0.15) is 38.7 Å². The number of benzene rings is 1. The quantitative estimate of drug-likeness (QED) is 0.791. The molecular formula is C20H20N4. The van der Waals surface area contributed by atoms with Crippen LogP contribution in [0.4, 0.5) is 0 Å². The van der Waals surface area contributed by atoms with Gasteiger partial charge in [0.1, 0.15) is 12.1 Å². The van der Waals surface area contributed by atoms with Gasteiger partial charge in [-0.2, -0.15) is 10.5 Å². The molecule has 0 N–H and O–H groups in total. The van der Waals surface area contributed by atoms with Gasteiger partial charge in [0.25, 0.3) is 0 Å². The number of allylic oxidation sites excluding steroid dienone is 3. The highest BCUT2D eigenvalue weighted by Crippen LogP contribution is 2.22. The molecule has 4 nitrogen and oxygen atoms in total. The first-order valence-corrected chi connectivity index (χ1v) is 8.11. The third-order valence-electron chi connectivity index (χ3n) is 3.92. The Hall–Kier alpha value is -2.98. The molecule has 0 fully saturated rings. The van der Waals surface area contributed by atoms with Crippen LogP contribution < -0.4 is 0 Å². The molecular weight excluding hydrogens is 296 g/mol. The van der Waals surface area contributed by atoms with E-state index in [4.69, 9.17) is 0 Å². The Morgan fingerprint density at radius 2 is 1.71 bits per heavy atom. The summed E-state index contributed by atoms with van der Waals surface area (Å²) in [7, 11) is 0. The molecule has 1 aromatic carbocycles. The molecule has 1 heterocycles. The Kier molecular flexibility index (Phi) is 6.23. The molecule has 1 aliphatic rings. The van der Waals surface area contributed by atoms with Gasteiger partial charge in [-0.3, -0.25) is 0 Å². The lowest BCUT2D eigenvalue weighted by Crippen LogP contribution is -2.20. The Balaban J connectivity index is 2.45. The predicted octanol–water partition coefficient (Wildman–Crippen LogP) is 4.68. The summed E-state index contributed by atoms with van der Waals surface area (Å²) in [5.41, 5.74) is 2.87. The zero-order chi connectivity index (χ0) is 17.4. The number of aliphatic imine (C=N–C) groups is 2. The van der Waals surface area contributed by atoms with Crippen LogP contribution in [0.25, 0.3) is 6.08 Å².